The van der Waals surface area contributed by atoms with Gasteiger partial charge in [-0.2, -0.15) is 5.10 Å². The molecule has 0 aliphatic carbocycles. The molecule has 1 heterocycles. The molecule has 0 radical (unpaired) electrons. The maximum absolute atomic E-state index is 12.1. The van der Waals surface area contributed by atoms with Gasteiger partial charge in [-0.3, -0.25) is 4.79 Å². The molecule has 2 aromatic carbocycles. The van der Waals surface area contributed by atoms with Crippen LogP contribution in [0.15, 0.2) is 83.8 Å². The van der Waals surface area contributed by atoms with Crippen LogP contribution in [-0.2, 0) is 0 Å². The number of rotatable bonds is 8. The summed E-state index contributed by atoms with van der Waals surface area (Å²) in [6.45, 7) is 3.99. The first kappa shape index (κ1) is 20.0. The van der Waals surface area contributed by atoms with Crippen LogP contribution in [0, 0.1) is 0 Å². The highest BCUT2D eigenvalue weighted by atomic mass is 32.1. The zero-order valence-corrected chi connectivity index (χ0v) is 16.2. The second-order valence-corrected chi connectivity index (χ2v) is 6.71. The smallest absolute Gasteiger partial charge is 0.353 e. The van der Waals surface area contributed by atoms with Crippen molar-refractivity contribution >= 4 is 29.4 Å². The van der Waals surface area contributed by atoms with Gasteiger partial charge in [-0.1, -0.05) is 18.7 Å². The Morgan fingerprint density at radius 3 is 2.41 bits per heavy atom. The molecule has 0 bridgehead atoms. The van der Waals surface area contributed by atoms with E-state index < -0.39 is 5.97 Å². The van der Waals surface area contributed by atoms with Crippen molar-refractivity contribution in [2.24, 2.45) is 5.10 Å². The number of hydrazone groups is 1. The van der Waals surface area contributed by atoms with E-state index in [1.165, 1.54) is 17.6 Å². The van der Waals surface area contributed by atoms with E-state index in [4.69, 9.17) is 9.47 Å². The molecular formula is C22H18N2O4S. The van der Waals surface area contributed by atoms with Crippen molar-refractivity contribution in [3.8, 4) is 11.5 Å². The minimum Gasteiger partial charge on any atom is -0.490 e. The Morgan fingerprint density at radius 2 is 1.76 bits per heavy atom. The highest BCUT2D eigenvalue weighted by Gasteiger charge is 2.09. The van der Waals surface area contributed by atoms with Crippen molar-refractivity contribution in [3.63, 3.8) is 0 Å². The molecule has 3 aromatic rings. The number of nitrogens with one attached hydrogen (secondary N) is 1. The summed E-state index contributed by atoms with van der Waals surface area (Å²) in [6.07, 6.45) is 3.15. The predicted octanol–water partition coefficient (Wildman–Crippen LogP) is 4.30. The second-order valence-electron chi connectivity index (χ2n) is 5.76. The van der Waals surface area contributed by atoms with Gasteiger partial charge >= 0.3 is 5.97 Å². The number of hydrogen-bond acceptors (Lipinski definition) is 6. The molecule has 6 nitrogen and oxygen atoms in total. The molecule has 0 atom stereocenters. The average Bonchev–Trinajstić information content (AvgIpc) is 3.29. The van der Waals surface area contributed by atoms with E-state index in [1.807, 2.05) is 5.38 Å². The van der Waals surface area contributed by atoms with Gasteiger partial charge in [0.05, 0.1) is 6.21 Å². The third kappa shape index (κ3) is 5.88. The Labute approximate surface area is 172 Å². The van der Waals surface area contributed by atoms with Gasteiger partial charge in [-0.15, -0.1) is 11.3 Å². The highest BCUT2D eigenvalue weighted by molar-refractivity contribution is 7.12. The summed E-state index contributed by atoms with van der Waals surface area (Å²) in [4.78, 5) is 24.6. The Balaban J connectivity index is 1.51. The van der Waals surface area contributed by atoms with Crippen molar-refractivity contribution < 1.29 is 19.1 Å². The van der Waals surface area contributed by atoms with Gasteiger partial charge in [-0.25, -0.2) is 10.2 Å². The summed E-state index contributed by atoms with van der Waals surface area (Å²) in [5.41, 5.74) is 3.67. The molecule has 1 N–H and O–H groups in total. The fourth-order valence-corrected chi connectivity index (χ4v) is 2.86. The summed E-state index contributed by atoms with van der Waals surface area (Å²) >= 11 is 1.32. The summed E-state index contributed by atoms with van der Waals surface area (Å²) in [5.74, 6) is 0.362. The highest BCUT2D eigenvalue weighted by Crippen LogP contribution is 2.16. The van der Waals surface area contributed by atoms with Crippen LogP contribution in [0.25, 0.3) is 0 Å². The van der Waals surface area contributed by atoms with Crippen molar-refractivity contribution in [2.75, 3.05) is 6.61 Å². The molecule has 0 saturated heterocycles. The number of amides is 1. The Bertz CT molecular complexity index is 994. The topological polar surface area (TPSA) is 77.0 Å². The van der Waals surface area contributed by atoms with Gasteiger partial charge in [0.1, 0.15) is 23.0 Å². The number of thiophene rings is 1. The van der Waals surface area contributed by atoms with Crippen LogP contribution in [0.1, 0.15) is 25.6 Å². The Kier molecular flexibility index (Phi) is 6.91. The van der Waals surface area contributed by atoms with Crippen LogP contribution in [0.5, 0.6) is 11.5 Å². The average molecular weight is 406 g/mol. The first-order valence-corrected chi connectivity index (χ1v) is 9.56. The number of ether oxygens (including phenoxy) is 2. The van der Waals surface area contributed by atoms with E-state index in [1.54, 1.807) is 66.7 Å². The van der Waals surface area contributed by atoms with Gasteiger partial charge in [-0.05, 0) is 65.5 Å². The number of nitrogens with zero attached hydrogens (tertiary/aromatic N) is 1. The molecule has 7 heteroatoms. The molecule has 1 amide bonds. The molecule has 0 aliphatic heterocycles. The molecule has 0 saturated carbocycles. The van der Waals surface area contributed by atoms with Crippen LogP contribution < -0.4 is 14.9 Å². The van der Waals surface area contributed by atoms with Crippen LogP contribution in [0.4, 0.5) is 0 Å². The lowest BCUT2D eigenvalue weighted by Crippen LogP contribution is -2.17. The number of carbonyl (C=O) groups excluding carboxylic acids is 2. The fourth-order valence-electron chi connectivity index (χ4n) is 2.26. The molecule has 0 aliphatic rings. The van der Waals surface area contributed by atoms with Gasteiger partial charge in [0, 0.05) is 5.56 Å². The number of benzene rings is 2. The number of carbonyl (C=O) groups is 2. The molecule has 146 valence electrons. The first-order chi connectivity index (χ1) is 14.2. The van der Waals surface area contributed by atoms with E-state index in [0.717, 1.165) is 5.56 Å². The van der Waals surface area contributed by atoms with Crippen molar-refractivity contribution in [2.45, 2.75) is 0 Å². The van der Waals surface area contributed by atoms with Crippen molar-refractivity contribution in [3.05, 3.63) is 94.7 Å². The van der Waals surface area contributed by atoms with E-state index in [2.05, 4.69) is 17.1 Å². The summed E-state index contributed by atoms with van der Waals surface area (Å²) < 4.78 is 10.7. The van der Waals surface area contributed by atoms with E-state index in [9.17, 15) is 9.59 Å². The SMILES string of the molecule is C=CCOc1ccc(C(=O)N/N=C/c2ccc(OC(=O)c3cccs3)cc2)cc1. The molecule has 29 heavy (non-hydrogen) atoms. The zero-order chi connectivity index (χ0) is 20.5. The van der Waals surface area contributed by atoms with Gasteiger partial charge in [0.2, 0.25) is 0 Å². The van der Waals surface area contributed by atoms with Crippen LogP contribution in [0.2, 0.25) is 0 Å². The van der Waals surface area contributed by atoms with Crippen molar-refractivity contribution in [1.29, 1.82) is 0 Å². The predicted molar refractivity (Wildman–Crippen MR) is 113 cm³/mol. The maximum atomic E-state index is 12.1. The molecule has 1 aromatic heterocycles. The largest absolute Gasteiger partial charge is 0.490 e. The quantitative estimate of drug-likeness (QED) is 0.199. The standard InChI is InChI=1S/C22H18N2O4S/c1-2-13-27-18-11-7-17(8-12-18)21(25)24-23-15-16-5-9-19(10-6-16)28-22(26)20-4-3-14-29-20/h2-12,14-15H,1,13H2,(H,24,25)/b23-15+. The van der Waals surface area contributed by atoms with Gasteiger partial charge < -0.3 is 9.47 Å². The van der Waals surface area contributed by atoms with E-state index in [0.29, 0.717) is 28.5 Å². The zero-order valence-electron chi connectivity index (χ0n) is 15.4. The monoisotopic (exact) mass is 406 g/mol. The summed E-state index contributed by atoms with van der Waals surface area (Å²) in [5, 5.41) is 5.76. The number of hydrogen-bond donors (Lipinski definition) is 1. The molecule has 0 spiro atoms. The third-order valence-electron chi connectivity index (χ3n) is 3.68. The second kappa shape index (κ2) is 10.0. The van der Waals surface area contributed by atoms with Crippen LogP contribution in [0.3, 0.4) is 0 Å². The van der Waals surface area contributed by atoms with Gasteiger partial charge in [0.25, 0.3) is 5.91 Å². The molecule has 0 unspecified atom stereocenters. The summed E-state index contributed by atoms with van der Waals surface area (Å²) in [7, 11) is 0. The van der Waals surface area contributed by atoms with Crippen LogP contribution in [-0.4, -0.2) is 24.7 Å². The Hall–Kier alpha value is -3.71. The minimum atomic E-state index is -0.394. The molecule has 3 rings (SSSR count). The lowest BCUT2D eigenvalue weighted by atomic mass is 10.2. The van der Waals surface area contributed by atoms with E-state index in [-0.39, 0.29) is 5.91 Å². The molecule has 0 fully saturated rings. The maximum Gasteiger partial charge on any atom is 0.353 e. The third-order valence-corrected chi connectivity index (χ3v) is 4.53. The summed E-state index contributed by atoms with van der Waals surface area (Å²) in [6, 6.07) is 17.0. The van der Waals surface area contributed by atoms with Crippen molar-refractivity contribution in [1.82, 2.24) is 5.43 Å². The molecular weight excluding hydrogens is 388 g/mol. The fraction of sp³-hybridized carbons (Fsp3) is 0.0455. The minimum absolute atomic E-state index is 0.335. The lowest BCUT2D eigenvalue weighted by Gasteiger charge is -2.04. The Morgan fingerprint density at radius 1 is 1.03 bits per heavy atom. The number of esters is 1. The van der Waals surface area contributed by atoms with E-state index >= 15 is 0 Å². The lowest BCUT2D eigenvalue weighted by molar-refractivity contribution is 0.0739. The normalized spacial score (nSPS) is 10.5. The first-order valence-electron chi connectivity index (χ1n) is 8.68. The van der Waals surface area contributed by atoms with Gasteiger partial charge in [0.15, 0.2) is 0 Å². The van der Waals surface area contributed by atoms with Crippen LogP contribution >= 0.6 is 11.3 Å².